The summed E-state index contributed by atoms with van der Waals surface area (Å²) in [5.41, 5.74) is 10.1. The quantitative estimate of drug-likeness (QED) is 0.813. The summed E-state index contributed by atoms with van der Waals surface area (Å²) < 4.78 is 5.71. The van der Waals surface area contributed by atoms with Crippen LogP contribution >= 0.6 is 0 Å². The van der Waals surface area contributed by atoms with E-state index >= 15 is 0 Å². The SMILES string of the molecule is Cc1nc(N)ccc1-c1cccc2c1OCC2. The number of anilines is 1. The maximum Gasteiger partial charge on any atom is 0.130 e. The maximum atomic E-state index is 5.71. The molecule has 86 valence electrons. The third kappa shape index (κ3) is 1.64. The molecular weight excluding hydrogens is 212 g/mol. The summed E-state index contributed by atoms with van der Waals surface area (Å²) in [6, 6.07) is 10.1. The summed E-state index contributed by atoms with van der Waals surface area (Å²) in [6.45, 7) is 2.74. The molecule has 1 aromatic heterocycles. The van der Waals surface area contributed by atoms with Crippen LogP contribution in [0.15, 0.2) is 30.3 Å². The number of hydrogen-bond acceptors (Lipinski definition) is 3. The lowest BCUT2D eigenvalue weighted by Crippen LogP contribution is -1.95. The first-order valence-corrected chi connectivity index (χ1v) is 5.74. The summed E-state index contributed by atoms with van der Waals surface area (Å²) in [4.78, 5) is 4.30. The molecule has 1 aliphatic heterocycles. The van der Waals surface area contributed by atoms with Gasteiger partial charge in [0, 0.05) is 23.2 Å². The highest BCUT2D eigenvalue weighted by molar-refractivity contribution is 5.75. The monoisotopic (exact) mass is 226 g/mol. The highest BCUT2D eigenvalue weighted by Gasteiger charge is 2.18. The Morgan fingerprint density at radius 3 is 2.88 bits per heavy atom. The highest BCUT2D eigenvalue weighted by Crippen LogP contribution is 2.37. The van der Waals surface area contributed by atoms with Crippen LogP contribution in [0.4, 0.5) is 5.82 Å². The molecule has 0 spiro atoms. The molecule has 0 atom stereocenters. The van der Waals surface area contributed by atoms with Crippen molar-refractivity contribution in [1.29, 1.82) is 0 Å². The second kappa shape index (κ2) is 3.77. The third-order valence-electron chi connectivity index (χ3n) is 3.11. The molecule has 0 fully saturated rings. The van der Waals surface area contributed by atoms with E-state index in [1.165, 1.54) is 5.56 Å². The Balaban J connectivity index is 2.19. The van der Waals surface area contributed by atoms with Crippen LogP contribution in [0.1, 0.15) is 11.3 Å². The largest absolute Gasteiger partial charge is 0.492 e. The molecule has 3 heteroatoms. The number of pyridine rings is 1. The van der Waals surface area contributed by atoms with Crippen molar-refractivity contribution in [3.8, 4) is 16.9 Å². The molecule has 0 bridgehead atoms. The van der Waals surface area contributed by atoms with Crippen molar-refractivity contribution in [3.63, 3.8) is 0 Å². The second-order valence-electron chi connectivity index (χ2n) is 4.26. The van der Waals surface area contributed by atoms with E-state index in [4.69, 9.17) is 10.5 Å². The van der Waals surface area contributed by atoms with Gasteiger partial charge in [-0.2, -0.15) is 0 Å². The van der Waals surface area contributed by atoms with E-state index in [0.717, 1.165) is 35.6 Å². The van der Waals surface area contributed by atoms with Gasteiger partial charge in [-0.25, -0.2) is 4.98 Å². The van der Waals surface area contributed by atoms with E-state index in [-0.39, 0.29) is 0 Å². The van der Waals surface area contributed by atoms with Crippen LogP contribution in [0.3, 0.4) is 0 Å². The van der Waals surface area contributed by atoms with Crippen molar-refractivity contribution in [3.05, 3.63) is 41.6 Å². The van der Waals surface area contributed by atoms with Gasteiger partial charge in [0.15, 0.2) is 0 Å². The van der Waals surface area contributed by atoms with Gasteiger partial charge in [-0.05, 0) is 24.6 Å². The van der Waals surface area contributed by atoms with Crippen LogP contribution in [0.2, 0.25) is 0 Å². The maximum absolute atomic E-state index is 5.71. The number of nitrogen functional groups attached to an aromatic ring is 1. The van der Waals surface area contributed by atoms with Crippen molar-refractivity contribution in [2.75, 3.05) is 12.3 Å². The van der Waals surface area contributed by atoms with Crippen LogP contribution in [-0.4, -0.2) is 11.6 Å². The van der Waals surface area contributed by atoms with E-state index in [1.807, 2.05) is 19.1 Å². The molecule has 0 unspecified atom stereocenters. The lowest BCUT2D eigenvalue weighted by molar-refractivity contribution is 0.358. The van der Waals surface area contributed by atoms with Gasteiger partial charge in [0.1, 0.15) is 11.6 Å². The standard InChI is InChI=1S/C14H14N2O/c1-9-11(5-6-13(15)16-9)12-4-2-3-10-7-8-17-14(10)12/h2-6H,7-8H2,1H3,(H2,15,16). The predicted molar refractivity (Wildman–Crippen MR) is 68.0 cm³/mol. The molecule has 2 N–H and O–H groups in total. The first-order chi connectivity index (χ1) is 8.25. The van der Waals surface area contributed by atoms with Gasteiger partial charge in [-0.15, -0.1) is 0 Å². The highest BCUT2D eigenvalue weighted by atomic mass is 16.5. The van der Waals surface area contributed by atoms with Crippen molar-refractivity contribution >= 4 is 5.82 Å². The molecule has 0 aliphatic carbocycles. The minimum atomic E-state index is 0.555. The van der Waals surface area contributed by atoms with Gasteiger partial charge in [0.2, 0.25) is 0 Å². The zero-order chi connectivity index (χ0) is 11.8. The third-order valence-corrected chi connectivity index (χ3v) is 3.11. The predicted octanol–water partition coefficient (Wildman–Crippen LogP) is 2.57. The Morgan fingerprint density at radius 1 is 1.18 bits per heavy atom. The van der Waals surface area contributed by atoms with Crippen LogP contribution in [0.5, 0.6) is 5.75 Å². The number of fused-ring (bicyclic) bond motifs is 1. The normalized spacial score (nSPS) is 13.2. The zero-order valence-electron chi connectivity index (χ0n) is 9.73. The molecule has 0 saturated carbocycles. The van der Waals surface area contributed by atoms with Crippen LogP contribution in [0.25, 0.3) is 11.1 Å². The number of aryl methyl sites for hydroxylation is 1. The minimum absolute atomic E-state index is 0.555. The first-order valence-electron chi connectivity index (χ1n) is 5.74. The fourth-order valence-corrected chi connectivity index (χ4v) is 2.29. The number of nitrogens with zero attached hydrogens (tertiary/aromatic N) is 1. The fourth-order valence-electron chi connectivity index (χ4n) is 2.29. The summed E-state index contributed by atoms with van der Waals surface area (Å²) in [5, 5.41) is 0. The van der Waals surface area contributed by atoms with E-state index in [0.29, 0.717) is 5.82 Å². The average molecular weight is 226 g/mol. The molecule has 1 aliphatic rings. The molecule has 0 saturated heterocycles. The minimum Gasteiger partial charge on any atom is -0.492 e. The average Bonchev–Trinajstić information content (AvgIpc) is 2.77. The van der Waals surface area contributed by atoms with E-state index in [1.54, 1.807) is 0 Å². The molecule has 3 rings (SSSR count). The summed E-state index contributed by atoms with van der Waals surface area (Å²) in [6.07, 6.45) is 0.991. The van der Waals surface area contributed by atoms with Crippen molar-refractivity contribution < 1.29 is 4.74 Å². The lowest BCUT2D eigenvalue weighted by Gasteiger charge is -2.10. The second-order valence-corrected chi connectivity index (χ2v) is 4.26. The van der Waals surface area contributed by atoms with Crippen molar-refractivity contribution in [2.24, 2.45) is 0 Å². The van der Waals surface area contributed by atoms with Crippen LogP contribution < -0.4 is 10.5 Å². The Kier molecular flexibility index (Phi) is 2.25. The molecular formula is C14H14N2O. The Hall–Kier alpha value is -2.03. The van der Waals surface area contributed by atoms with Crippen LogP contribution in [-0.2, 0) is 6.42 Å². The van der Waals surface area contributed by atoms with E-state index < -0.39 is 0 Å². The molecule has 1 aromatic carbocycles. The zero-order valence-corrected chi connectivity index (χ0v) is 9.73. The Bertz CT molecular complexity index is 578. The van der Waals surface area contributed by atoms with Gasteiger partial charge >= 0.3 is 0 Å². The lowest BCUT2D eigenvalue weighted by atomic mass is 10.0. The van der Waals surface area contributed by atoms with Crippen LogP contribution in [0, 0.1) is 6.92 Å². The first kappa shape index (κ1) is 10.1. The molecule has 3 nitrogen and oxygen atoms in total. The Labute approximate surface area is 100 Å². The summed E-state index contributed by atoms with van der Waals surface area (Å²) >= 11 is 0. The summed E-state index contributed by atoms with van der Waals surface area (Å²) in [7, 11) is 0. The van der Waals surface area contributed by atoms with Crippen molar-refractivity contribution in [1.82, 2.24) is 4.98 Å². The number of para-hydroxylation sites is 1. The molecule has 0 amide bonds. The molecule has 0 radical (unpaired) electrons. The van der Waals surface area contributed by atoms with Gasteiger partial charge in [-0.3, -0.25) is 0 Å². The molecule has 2 aromatic rings. The number of rotatable bonds is 1. The van der Waals surface area contributed by atoms with Gasteiger partial charge in [-0.1, -0.05) is 18.2 Å². The number of benzene rings is 1. The summed E-state index contributed by atoms with van der Waals surface area (Å²) in [5.74, 6) is 1.56. The number of ether oxygens (including phenoxy) is 1. The Morgan fingerprint density at radius 2 is 2.06 bits per heavy atom. The van der Waals surface area contributed by atoms with Gasteiger partial charge < -0.3 is 10.5 Å². The number of hydrogen-bond donors (Lipinski definition) is 1. The van der Waals surface area contributed by atoms with Crippen molar-refractivity contribution in [2.45, 2.75) is 13.3 Å². The number of nitrogens with two attached hydrogens (primary N) is 1. The van der Waals surface area contributed by atoms with Gasteiger partial charge in [0.25, 0.3) is 0 Å². The van der Waals surface area contributed by atoms with E-state index in [9.17, 15) is 0 Å². The smallest absolute Gasteiger partial charge is 0.130 e. The number of aromatic nitrogens is 1. The van der Waals surface area contributed by atoms with E-state index in [2.05, 4.69) is 23.2 Å². The molecule has 2 heterocycles. The van der Waals surface area contributed by atoms with Gasteiger partial charge in [0.05, 0.1) is 6.61 Å². The topological polar surface area (TPSA) is 48.1 Å². The fraction of sp³-hybridized carbons (Fsp3) is 0.214. The molecule has 17 heavy (non-hydrogen) atoms.